The molecule has 2 radical (unpaired) electrons. The molecule has 0 N–H and O–H groups in total. The second-order valence-electron chi connectivity index (χ2n) is 0.866. The molecule has 0 bridgehead atoms. The molecule has 17 heteroatoms. The van der Waals surface area contributed by atoms with Gasteiger partial charge in [-0.05, 0) is 0 Å². The molecule has 0 atom stereocenters. The number of rotatable bonds is 0. The fraction of sp³-hybridized carbons (Fsp3) is 0. The third kappa shape index (κ3) is 223. The minimum Gasteiger partial charge on any atom is -1.08 e. The van der Waals surface area contributed by atoms with Crippen molar-refractivity contribution < 1.29 is 96.6 Å². The molecule has 0 amide bonds. The van der Waals surface area contributed by atoms with Gasteiger partial charge in [0, 0.05) is 0 Å². The largest absolute Gasteiger partial charge is 2.00 e. The zero-order valence-corrected chi connectivity index (χ0v) is 21.2. The molecule has 0 heterocycles. The Morgan fingerprint density at radius 3 is 0.529 bits per heavy atom. The van der Waals surface area contributed by atoms with Crippen LogP contribution in [0.4, 0.5) is 0 Å². The van der Waals surface area contributed by atoms with Gasteiger partial charge < -0.3 is 59.9 Å². The summed E-state index contributed by atoms with van der Waals surface area (Å²) in [5.41, 5.74) is 0. The van der Waals surface area contributed by atoms with Crippen molar-refractivity contribution in [1.29, 1.82) is 0 Å². The maximum Gasteiger partial charge on any atom is 2.00 e. The van der Waals surface area contributed by atoms with Crippen molar-refractivity contribution >= 4 is 173 Å². The van der Waals surface area contributed by atoms with Crippen molar-refractivity contribution in [3.63, 3.8) is 0 Å². The standard InChI is InChI=1S/3BO3.4Ca.K/c3*2-1(3)4;;;;;/q2*-4;-3;4*+2;+1. The maximum atomic E-state index is 8.42. The van der Waals surface area contributed by atoms with Crippen molar-refractivity contribution in [3.05, 3.63) is 0 Å². The summed E-state index contributed by atoms with van der Waals surface area (Å²) in [5, 5.41) is 75.8. The second kappa shape index (κ2) is 43.3. The molecular formula is B3Ca4KO9-2. The monoisotopic (exact) mass is 376 g/mol. The van der Waals surface area contributed by atoms with Gasteiger partial charge in [0.05, 0.1) is 0 Å². The second-order valence-corrected chi connectivity index (χ2v) is 0.866. The van der Waals surface area contributed by atoms with Crippen LogP contribution in [0.5, 0.6) is 0 Å². The van der Waals surface area contributed by atoms with Gasteiger partial charge in [-0.2, -0.15) is 0 Å². The average Bonchev–Trinajstić information content (AvgIpc) is 1.54. The Hall–Kier alpha value is 6.51. The van der Waals surface area contributed by atoms with Crippen LogP contribution < -0.4 is 96.6 Å². The van der Waals surface area contributed by atoms with E-state index in [1.54, 1.807) is 0 Å². The van der Waals surface area contributed by atoms with Gasteiger partial charge in [0.15, 0.2) is 0 Å². The molecule has 0 saturated carbocycles. The fourth-order valence-electron chi connectivity index (χ4n) is 0. The molecule has 0 aromatic heterocycles. The zero-order valence-electron chi connectivity index (χ0n) is 9.23. The average molecular weight is 376 g/mol. The molecule has 74 valence electrons. The smallest absolute Gasteiger partial charge is 1.08 e. The molecule has 0 aliphatic rings. The minimum absolute atomic E-state index is 0. The predicted octanol–water partition coefficient (Wildman–Crippen LogP) is -16.4. The van der Waals surface area contributed by atoms with Gasteiger partial charge in [-0.3, -0.25) is 7.32 Å². The van der Waals surface area contributed by atoms with Crippen LogP contribution in [0.1, 0.15) is 0 Å². The molecule has 17 heavy (non-hydrogen) atoms. The Kier molecular flexibility index (Phi) is 126. The van der Waals surface area contributed by atoms with E-state index in [1.165, 1.54) is 0 Å². The van der Waals surface area contributed by atoms with Crippen LogP contribution in [0, 0.1) is 0 Å². The van der Waals surface area contributed by atoms with Crippen molar-refractivity contribution in [2.75, 3.05) is 0 Å². The third-order valence-corrected chi connectivity index (χ3v) is 0. The van der Waals surface area contributed by atoms with Gasteiger partial charge in [0.25, 0.3) is 0 Å². The first kappa shape index (κ1) is 49.5. The van der Waals surface area contributed by atoms with Crippen molar-refractivity contribution in [3.8, 4) is 0 Å². The van der Waals surface area contributed by atoms with Gasteiger partial charge in [-0.1, -0.05) is 0 Å². The maximum absolute atomic E-state index is 8.42. The number of hydrogen-bond acceptors (Lipinski definition) is 9. The molecule has 9 nitrogen and oxygen atoms in total. The quantitative estimate of drug-likeness (QED) is 0.367. The fourth-order valence-corrected chi connectivity index (χ4v) is 0. The van der Waals surface area contributed by atoms with E-state index >= 15 is 0 Å². The van der Waals surface area contributed by atoms with E-state index in [0.717, 1.165) is 0 Å². The van der Waals surface area contributed by atoms with E-state index in [4.69, 9.17) is 45.2 Å². The Morgan fingerprint density at radius 2 is 0.529 bits per heavy atom. The molecule has 0 rings (SSSR count). The van der Waals surface area contributed by atoms with Crippen LogP contribution in [0.25, 0.3) is 0 Å². The van der Waals surface area contributed by atoms with E-state index in [0.29, 0.717) is 0 Å². The summed E-state index contributed by atoms with van der Waals surface area (Å²) in [4.78, 5) is 0. The molecule has 0 aliphatic heterocycles. The first-order chi connectivity index (χ1) is 5.20. The summed E-state index contributed by atoms with van der Waals surface area (Å²) < 4.78 is 0. The summed E-state index contributed by atoms with van der Waals surface area (Å²) in [6.45, 7) is 0. The molecule has 0 fully saturated rings. The Labute approximate surface area is 262 Å². The summed E-state index contributed by atoms with van der Waals surface area (Å²) in [6.07, 6.45) is 0. The normalized spacial score (nSPS) is 5.82. The van der Waals surface area contributed by atoms with E-state index in [1.807, 2.05) is 0 Å². The molecule has 0 spiro atoms. The van der Waals surface area contributed by atoms with Crippen LogP contribution in [-0.4, -0.2) is 173 Å². The van der Waals surface area contributed by atoms with Crippen LogP contribution in [-0.2, 0) is 0 Å². The van der Waals surface area contributed by atoms with E-state index < -0.39 is 22.0 Å². The van der Waals surface area contributed by atoms with Crippen LogP contribution in [0.15, 0.2) is 0 Å². The Balaban J connectivity index is -0.0000000104. The van der Waals surface area contributed by atoms with Gasteiger partial charge in [-0.15, -0.1) is 0 Å². The summed E-state index contributed by atoms with van der Waals surface area (Å²) in [5.74, 6) is 0. The predicted molar refractivity (Wildman–Crippen MR) is 40.3 cm³/mol. The van der Waals surface area contributed by atoms with E-state index in [-0.39, 0.29) is 202 Å². The van der Waals surface area contributed by atoms with Crippen molar-refractivity contribution in [2.24, 2.45) is 0 Å². The SMILES string of the molecule is [Ca+2].[Ca+2].[Ca+2].[Ca+2].[K+].[O-]B([O-])[O-].[O-][B-]([O-])[O-].[O-][B-]([O-])[O-]. The Morgan fingerprint density at radius 1 is 0.529 bits per heavy atom. The molecule has 0 aromatic carbocycles. The summed E-state index contributed by atoms with van der Waals surface area (Å²) in [7, 11) is -8.75. The summed E-state index contributed by atoms with van der Waals surface area (Å²) >= 11 is 0. The van der Waals surface area contributed by atoms with Crippen LogP contribution in [0.3, 0.4) is 0 Å². The molecule has 0 aromatic rings. The van der Waals surface area contributed by atoms with E-state index in [2.05, 4.69) is 0 Å². The van der Waals surface area contributed by atoms with Crippen LogP contribution >= 0.6 is 0 Å². The molecular weight excluding hydrogens is 376 g/mol. The van der Waals surface area contributed by atoms with Gasteiger partial charge in [-0.25, -0.2) is 0 Å². The Bertz CT molecular complexity index is 56.7. The van der Waals surface area contributed by atoms with Crippen molar-refractivity contribution in [2.45, 2.75) is 0 Å². The third-order valence-electron chi connectivity index (χ3n) is 0. The summed E-state index contributed by atoms with van der Waals surface area (Å²) in [6, 6.07) is 0. The van der Waals surface area contributed by atoms with Crippen molar-refractivity contribution in [1.82, 2.24) is 0 Å². The molecule has 0 saturated heterocycles. The zero-order chi connectivity index (χ0) is 10.7. The number of hydrogen-bond donors (Lipinski definition) is 0. The van der Waals surface area contributed by atoms with Gasteiger partial charge >= 0.3 is 202 Å². The topological polar surface area (TPSA) is 208 Å². The molecule has 0 aliphatic carbocycles. The van der Waals surface area contributed by atoms with Crippen LogP contribution in [0.2, 0.25) is 0 Å². The van der Waals surface area contributed by atoms with Gasteiger partial charge in [0.1, 0.15) is 0 Å². The first-order valence-electron chi connectivity index (χ1n) is 2.12. The first-order valence-corrected chi connectivity index (χ1v) is 2.12. The van der Waals surface area contributed by atoms with Gasteiger partial charge in [0.2, 0.25) is 0 Å². The van der Waals surface area contributed by atoms with E-state index in [9.17, 15) is 0 Å². The molecule has 0 unspecified atom stereocenters. The minimum atomic E-state index is -2.92.